The topological polar surface area (TPSA) is 33.2 Å². The number of carbonyl (C=O) groups excluding carboxylic acids is 1. The highest BCUT2D eigenvalue weighted by atomic mass is 16.2. The zero-order valence-corrected chi connectivity index (χ0v) is 14.0. The Kier molecular flexibility index (Phi) is 3.57. The third-order valence-corrected chi connectivity index (χ3v) is 4.86. The first kappa shape index (κ1) is 14.9. The molecule has 0 aliphatic carbocycles. The highest BCUT2D eigenvalue weighted by Crippen LogP contribution is 2.36. The van der Waals surface area contributed by atoms with Gasteiger partial charge < -0.3 is 4.90 Å². The third kappa shape index (κ3) is 2.37. The molecule has 1 aliphatic heterocycles. The molecule has 0 N–H and O–H groups in total. The van der Waals surface area contributed by atoms with Crippen LogP contribution in [0.15, 0.2) is 54.6 Å². The van der Waals surface area contributed by atoms with Crippen LogP contribution in [0.4, 0.5) is 5.69 Å². The summed E-state index contributed by atoms with van der Waals surface area (Å²) >= 11 is 0. The monoisotopic (exact) mass is 316 g/mol. The van der Waals surface area contributed by atoms with Gasteiger partial charge >= 0.3 is 0 Å². The Balaban J connectivity index is 1.85. The molecule has 24 heavy (non-hydrogen) atoms. The van der Waals surface area contributed by atoms with Crippen molar-refractivity contribution < 1.29 is 4.79 Å². The van der Waals surface area contributed by atoms with Gasteiger partial charge in [-0.25, -0.2) is 0 Å². The summed E-state index contributed by atoms with van der Waals surface area (Å²) in [5.74, 6) is 0.553. The molecule has 120 valence electrons. The van der Waals surface area contributed by atoms with Crippen LogP contribution in [0.5, 0.6) is 0 Å². The number of aryl methyl sites for hydroxylation is 1. The summed E-state index contributed by atoms with van der Waals surface area (Å²) in [6.07, 6.45) is 0.991. The van der Waals surface area contributed by atoms with Gasteiger partial charge in [-0.3, -0.25) is 9.78 Å². The molecule has 2 heterocycles. The average Bonchev–Trinajstić information content (AvgIpc) is 2.61. The van der Waals surface area contributed by atoms with Crippen molar-refractivity contribution in [1.82, 2.24) is 4.98 Å². The van der Waals surface area contributed by atoms with Crippen molar-refractivity contribution in [3.8, 4) is 0 Å². The van der Waals surface area contributed by atoms with Crippen LogP contribution in [0.1, 0.15) is 40.9 Å². The summed E-state index contributed by atoms with van der Waals surface area (Å²) in [4.78, 5) is 19.8. The Morgan fingerprint density at radius 1 is 1.12 bits per heavy atom. The van der Waals surface area contributed by atoms with Crippen molar-refractivity contribution in [1.29, 1.82) is 0 Å². The Labute approximate surface area is 141 Å². The number of hydrogen-bond acceptors (Lipinski definition) is 2. The fourth-order valence-corrected chi connectivity index (χ4v) is 3.59. The van der Waals surface area contributed by atoms with Crippen molar-refractivity contribution in [3.05, 3.63) is 71.4 Å². The van der Waals surface area contributed by atoms with Crippen LogP contribution in [-0.2, 0) is 0 Å². The number of hydrogen-bond donors (Lipinski definition) is 0. The Morgan fingerprint density at radius 2 is 1.88 bits per heavy atom. The number of nitrogens with zero attached hydrogens (tertiary/aromatic N) is 2. The number of carbonyl (C=O) groups is 1. The number of aromatic nitrogens is 1. The predicted molar refractivity (Wildman–Crippen MR) is 97.6 cm³/mol. The summed E-state index contributed by atoms with van der Waals surface area (Å²) in [6.45, 7) is 4.93. The molecule has 0 radical (unpaired) electrons. The Hall–Kier alpha value is -2.68. The van der Waals surface area contributed by atoms with Gasteiger partial charge in [0.2, 0.25) is 0 Å². The molecule has 1 aromatic heterocycles. The van der Waals surface area contributed by atoms with Crippen LogP contribution in [-0.4, -0.2) is 17.4 Å². The van der Waals surface area contributed by atoms with Crippen LogP contribution in [0.3, 0.4) is 0 Å². The zero-order chi connectivity index (χ0) is 16.7. The second-order valence-electron chi connectivity index (χ2n) is 6.53. The summed E-state index contributed by atoms with van der Waals surface area (Å²) in [5.41, 5.74) is 4.78. The second kappa shape index (κ2) is 5.75. The molecule has 1 atom stereocenters. The lowest BCUT2D eigenvalue weighted by atomic mass is 9.91. The van der Waals surface area contributed by atoms with Gasteiger partial charge in [-0.1, -0.05) is 43.3 Å². The maximum absolute atomic E-state index is 13.3. The standard InChI is InChI=1S/C21H20N2O/c1-14-11-12-23(20-10-6-4-7-16(14)20)21(24)18-13-15(2)22-19-9-5-3-8-17(18)19/h3-10,13-14H,11-12H2,1-2H3. The summed E-state index contributed by atoms with van der Waals surface area (Å²) in [5, 5.41) is 0.921. The van der Waals surface area contributed by atoms with Gasteiger partial charge in [0.05, 0.1) is 11.1 Å². The van der Waals surface area contributed by atoms with Gasteiger partial charge in [0.15, 0.2) is 0 Å². The third-order valence-electron chi connectivity index (χ3n) is 4.86. The van der Waals surface area contributed by atoms with Gasteiger partial charge in [0, 0.05) is 23.3 Å². The molecule has 4 rings (SSSR count). The fourth-order valence-electron chi connectivity index (χ4n) is 3.59. The van der Waals surface area contributed by atoms with Gasteiger partial charge in [-0.2, -0.15) is 0 Å². The van der Waals surface area contributed by atoms with E-state index >= 15 is 0 Å². The van der Waals surface area contributed by atoms with E-state index in [0.29, 0.717) is 5.92 Å². The molecular formula is C21H20N2O. The zero-order valence-electron chi connectivity index (χ0n) is 14.0. The smallest absolute Gasteiger partial charge is 0.259 e. The van der Waals surface area contributed by atoms with Gasteiger partial charge in [0.1, 0.15) is 0 Å². The molecule has 1 amide bonds. The highest BCUT2D eigenvalue weighted by molar-refractivity contribution is 6.14. The SMILES string of the molecule is Cc1cc(C(=O)N2CCC(C)c3ccccc32)c2ccccc2n1. The lowest BCUT2D eigenvalue weighted by Gasteiger charge is -2.33. The summed E-state index contributed by atoms with van der Waals surface area (Å²) in [6, 6.07) is 18.0. The van der Waals surface area contributed by atoms with Crippen LogP contribution in [0.2, 0.25) is 0 Å². The number of benzene rings is 2. The fraction of sp³-hybridized carbons (Fsp3) is 0.238. The molecule has 0 bridgehead atoms. The molecular weight excluding hydrogens is 296 g/mol. The van der Waals surface area contributed by atoms with E-state index in [9.17, 15) is 4.79 Å². The molecule has 1 aliphatic rings. The molecule has 3 nitrogen and oxygen atoms in total. The quantitative estimate of drug-likeness (QED) is 0.652. The maximum Gasteiger partial charge on any atom is 0.259 e. The minimum Gasteiger partial charge on any atom is -0.308 e. The molecule has 3 heteroatoms. The Bertz CT molecular complexity index is 932. The first-order valence-electron chi connectivity index (χ1n) is 8.42. The molecule has 0 saturated carbocycles. The van der Waals surface area contributed by atoms with E-state index in [1.165, 1.54) is 5.56 Å². The predicted octanol–water partition coefficient (Wildman–Crippen LogP) is 4.70. The largest absolute Gasteiger partial charge is 0.308 e. The van der Waals surface area contributed by atoms with E-state index < -0.39 is 0 Å². The van der Waals surface area contributed by atoms with Crippen molar-refractivity contribution >= 4 is 22.5 Å². The van der Waals surface area contributed by atoms with E-state index in [4.69, 9.17) is 0 Å². The molecule has 1 unspecified atom stereocenters. The van der Waals surface area contributed by atoms with Crippen molar-refractivity contribution in [2.24, 2.45) is 0 Å². The molecule has 0 saturated heterocycles. The van der Waals surface area contributed by atoms with Crippen molar-refractivity contribution in [3.63, 3.8) is 0 Å². The number of anilines is 1. The number of amides is 1. The number of fused-ring (bicyclic) bond motifs is 2. The van der Waals surface area contributed by atoms with E-state index in [2.05, 4.69) is 30.1 Å². The minimum absolute atomic E-state index is 0.0658. The normalized spacial score (nSPS) is 16.9. The first-order valence-corrected chi connectivity index (χ1v) is 8.42. The molecule has 0 fully saturated rings. The summed E-state index contributed by atoms with van der Waals surface area (Å²) in [7, 11) is 0. The van der Waals surface area contributed by atoms with Crippen LogP contribution >= 0.6 is 0 Å². The molecule has 0 spiro atoms. The molecule has 3 aromatic rings. The Morgan fingerprint density at radius 3 is 2.75 bits per heavy atom. The van der Waals surface area contributed by atoms with E-state index in [0.717, 1.165) is 40.8 Å². The van der Waals surface area contributed by atoms with E-state index in [1.807, 2.05) is 48.2 Å². The van der Waals surface area contributed by atoms with E-state index in [1.54, 1.807) is 0 Å². The first-order chi connectivity index (χ1) is 11.6. The maximum atomic E-state index is 13.3. The van der Waals surface area contributed by atoms with Gasteiger partial charge in [-0.05, 0) is 43.0 Å². The average molecular weight is 316 g/mol. The second-order valence-corrected chi connectivity index (χ2v) is 6.53. The van der Waals surface area contributed by atoms with Crippen LogP contribution in [0.25, 0.3) is 10.9 Å². The lowest BCUT2D eigenvalue weighted by molar-refractivity contribution is 0.0986. The number of pyridine rings is 1. The van der Waals surface area contributed by atoms with Gasteiger partial charge in [-0.15, -0.1) is 0 Å². The lowest BCUT2D eigenvalue weighted by Crippen LogP contribution is -2.36. The number of rotatable bonds is 1. The van der Waals surface area contributed by atoms with Crippen LogP contribution in [0, 0.1) is 6.92 Å². The summed E-state index contributed by atoms with van der Waals surface area (Å²) < 4.78 is 0. The number of para-hydroxylation sites is 2. The molecule has 2 aromatic carbocycles. The minimum atomic E-state index is 0.0658. The van der Waals surface area contributed by atoms with Crippen molar-refractivity contribution in [2.45, 2.75) is 26.2 Å². The van der Waals surface area contributed by atoms with Gasteiger partial charge in [0.25, 0.3) is 5.91 Å². The van der Waals surface area contributed by atoms with Crippen LogP contribution < -0.4 is 4.90 Å². The van der Waals surface area contributed by atoms with Crippen molar-refractivity contribution in [2.75, 3.05) is 11.4 Å². The van der Waals surface area contributed by atoms with E-state index in [-0.39, 0.29) is 5.91 Å². The highest BCUT2D eigenvalue weighted by Gasteiger charge is 2.27.